The molecule has 1 aliphatic rings. The molecule has 0 aromatic carbocycles. The standard InChI is InChI=1S/C13H22F3N3O2/c1-3-19(4-2)10(20)5-7-18-11(21)12(13(14,15)16)6-8-17-9-12/h17H,3-9H2,1-2H3,(H,18,21). The van der Waals surface area contributed by atoms with Gasteiger partial charge in [0.15, 0.2) is 5.41 Å². The SMILES string of the molecule is CCN(CC)C(=O)CCNC(=O)C1(C(F)(F)F)CCNC1. The number of carbonyl (C=O) groups is 2. The summed E-state index contributed by atoms with van der Waals surface area (Å²) < 4.78 is 39.3. The van der Waals surface area contributed by atoms with Crippen LogP contribution in [0.2, 0.25) is 0 Å². The maximum Gasteiger partial charge on any atom is 0.404 e. The van der Waals surface area contributed by atoms with Crippen molar-refractivity contribution in [2.45, 2.75) is 32.9 Å². The van der Waals surface area contributed by atoms with Gasteiger partial charge in [-0.2, -0.15) is 13.2 Å². The van der Waals surface area contributed by atoms with Crippen molar-refractivity contribution < 1.29 is 22.8 Å². The number of amides is 2. The zero-order valence-corrected chi connectivity index (χ0v) is 12.3. The lowest BCUT2D eigenvalue weighted by atomic mass is 9.85. The summed E-state index contributed by atoms with van der Waals surface area (Å²) in [5.74, 6) is -1.22. The molecule has 0 saturated carbocycles. The van der Waals surface area contributed by atoms with Crippen LogP contribution in [0.15, 0.2) is 0 Å². The van der Waals surface area contributed by atoms with E-state index in [1.807, 2.05) is 13.8 Å². The molecule has 1 fully saturated rings. The van der Waals surface area contributed by atoms with Gasteiger partial charge in [-0.1, -0.05) is 0 Å². The minimum atomic E-state index is -4.59. The van der Waals surface area contributed by atoms with E-state index in [2.05, 4.69) is 10.6 Å². The van der Waals surface area contributed by atoms with Gasteiger partial charge in [-0.05, 0) is 26.8 Å². The van der Waals surface area contributed by atoms with Gasteiger partial charge in [0.25, 0.3) is 0 Å². The van der Waals surface area contributed by atoms with Crippen LogP contribution in [0.4, 0.5) is 13.2 Å². The molecule has 1 rings (SSSR count). The van der Waals surface area contributed by atoms with Gasteiger partial charge in [-0.3, -0.25) is 9.59 Å². The summed E-state index contributed by atoms with van der Waals surface area (Å²) >= 11 is 0. The van der Waals surface area contributed by atoms with Crippen molar-refractivity contribution in [2.75, 3.05) is 32.7 Å². The summed E-state index contributed by atoms with van der Waals surface area (Å²) in [6.45, 7) is 4.40. The van der Waals surface area contributed by atoms with Gasteiger partial charge in [0.2, 0.25) is 11.8 Å². The van der Waals surface area contributed by atoms with Crippen LogP contribution in [0.3, 0.4) is 0 Å². The van der Waals surface area contributed by atoms with Crippen LogP contribution in [0.1, 0.15) is 26.7 Å². The third-order valence-electron chi connectivity index (χ3n) is 3.87. The highest BCUT2D eigenvalue weighted by Crippen LogP contribution is 2.43. The van der Waals surface area contributed by atoms with Crippen molar-refractivity contribution in [1.29, 1.82) is 0 Å². The first-order valence-corrected chi connectivity index (χ1v) is 7.12. The fourth-order valence-corrected chi connectivity index (χ4v) is 2.44. The molecule has 0 aromatic rings. The Morgan fingerprint density at radius 2 is 1.90 bits per heavy atom. The van der Waals surface area contributed by atoms with Crippen LogP contribution in [0.25, 0.3) is 0 Å². The molecule has 2 amide bonds. The summed E-state index contributed by atoms with van der Waals surface area (Å²) in [5.41, 5.74) is -2.37. The number of nitrogens with zero attached hydrogens (tertiary/aromatic N) is 1. The van der Waals surface area contributed by atoms with Crippen molar-refractivity contribution in [1.82, 2.24) is 15.5 Å². The van der Waals surface area contributed by atoms with Gasteiger partial charge in [-0.25, -0.2) is 0 Å². The van der Waals surface area contributed by atoms with Gasteiger partial charge in [0.1, 0.15) is 0 Å². The number of nitrogens with one attached hydrogen (secondary N) is 2. The van der Waals surface area contributed by atoms with Gasteiger partial charge in [0, 0.05) is 32.6 Å². The van der Waals surface area contributed by atoms with Crippen LogP contribution in [0.5, 0.6) is 0 Å². The Kier molecular flexibility index (Phi) is 6.00. The predicted molar refractivity (Wildman–Crippen MR) is 71.5 cm³/mol. The molecule has 1 heterocycles. The molecule has 5 nitrogen and oxygen atoms in total. The highest BCUT2D eigenvalue weighted by molar-refractivity contribution is 5.85. The second-order valence-corrected chi connectivity index (χ2v) is 5.08. The largest absolute Gasteiger partial charge is 0.404 e. The number of alkyl halides is 3. The fraction of sp³-hybridized carbons (Fsp3) is 0.846. The smallest absolute Gasteiger partial charge is 0.355 e. The van der Waals surface area contributed by atoms with Gasteiger partial charge in [-0.15, -0.1) is 0 Å². The normalized spacial score (nSPS) is 22.1. The molecule has 0 aromatic heterocycles. The third kappa shape index (κ3) is 3.87. The lowest BCUT2D eigenvalue weighted by Gasteiger charge is -2.29. The average Bonchev–Trinajstić information content (AvgIpc) is 2.90. The van der Waals surface area contributed by atoms with E-state index in [1.165, 1.54) is 0 Å². The molecule has 122 valence electrons. The number of hydrogen-bond donors (Lipinski definition) is 2. The molecule has 0 radical (unpaired) electrons. The molecule has 1 saturated heterocycles. The number of halogens is 3. The molecular weight excluding hydrogens is 287 g/mol. The van der Waals surface area contributed by atoms with Crippen LogP contribution >= 0.6 is 0 Å². The topological polar surface area (TPSA) is 61.4 Å². The molecule has 1 unspecified atom stereocenters. The Balaban J connectivity index is 2.55. The van der Waals surface area contributed by atoms with E-state index in [-0.39, 0.29) is 31.8 Å². The summed E-state index contributed by atoms with van der Waals surface area (Å²) in [6, 6.07) is 0. The first-order valence-electron chi connectivity index (χ1n) is 7.12. The molecule has 21 heavy (non-hydrogen) atoms. The molecular formula is C13H22F3N3O2. The van der Waals surface area contributed by atoms with E-state index in [0.717, 1.165) is 0 Å². The highest BCUT2D eigenvalue weighted by Gasteiger charge is 2.61. The van der Waals surface area contributed by atoms with E-state index in [0.29, 0.717) is 13.1 Å². The molecule has 0 spiro atoms. The Labute approximate surface area is 122 Å². The summed E-state index contributed by atoms with van der Waals surface area (Å²) in [6.07, 6.45) is -4.86. The van der Waals surface area contributed by atoms with Crippen LogP contribution in [-0.4, -0.2) is 55.6 Å². The molecule has 1 atom stereocenters. The number of hydrogen-bond acceptors (Lipinski definition) is 3. The van der Waals surface area contributed by atoms with Crippen LogP contribution in [-0.2, 0) is 9.59 Å². The monoisotopic (exact) mass is 309 g/mol. The summed E-state index contributed by atoms with van der Waals surface area (Å²) in [5, 5.41) is 4.84. The lowest BCUT2D eigenvalue weighted by Crippen LogP contribution is -2.52. The first kappa shape index (κ1) is 17.7. The summed E-state index contributed by atoms with van der Waals surface area (Å²) in [4.78, 5) is 25.2. The quantitative estimate of drug-likeness (QED) is 0.766. The van der Waals surface area contributed by atoms with E-state index < -0.39 is 24.0 Å². The highest BCUT2D eigenvalue weighted by atomic mass is 19.4. The van der Waals surface area contributed by atoms with Gasteiger partial charge < -0.3 is 15.5 Å². The Bertz CT molecular complexity index is 375. The van der Waals surface area contributed by atoms with Crippen molar-refractivity contribution in [3.8, 4) is 0 Å². The summed E-state index contributed by atoms with van der Waals surface area (Å²) in [7, 11) is 0. The molecule has 1 aliphatic heterocycles. The molecule has 0 aliphatic carbocycles. The van der Waals surface area contributed by atoms with Crippen molar-refractivity contribution >= 4 is 11.8 Å². The van der Waals surface area contributed by atoms with E-state index in [1.54, 1.807) is 4.90 Å². The number of carbonyl (C=O) groups excluding carboxylic acids is 2. The van der Waals surface area contributed by atoms with Gasteiger partial charge >= 0.3 is 6.18 Å². The Morgan fingerprint density at radius 3 is 2.33 bits per heavy atom. The van der Waals surface area contributed by atoms with Crippen molar-refractivity contribution in [3.63, 3.8) is 0 Å². The minimum absolute atomic E-state index is 0.00872. The zero-order chi connectivity index (χ0) is 16.1. The third-order valence-corrected chi connectivity index (χ3v) is 3.87. The molecule has 2 N–H and O–H groups in total. The van der Waals surface area contributed by atoms with Crippen molar-refractivity contribution in [2.24, 2.45) is 5.41 Å². The molecule has 0 bridgehead atoms. The van der Waals surface area contributed by atoms with Gasteiger partial charge in [0.05, 0.1) is 0 Å². The van der Waals surface area contributed by atoms with E-state index in [9.17, 15) is 22.8 Å². The van der Waals surface area contributed by atoms with E-state index >= 15 is 0 Å². The zero-order valence-electron chi connectivity index (χ0n) is 12.3. The van der Waals surface area contributed by atoms with Crippen molar-refractivity contribution in [3.05, 3.63) is 0 Å². The maximum atomic E-state index is 13.1. The minimum Gasteiger partial charge on any atom is -0.355 e. The Morgan fingerprint density at radius 1 is 1.29 bits per heavy atom. The maximum absolute atomic E-state index is 13.1. The van der Waals surface area contributed by atoms with E-state index in [4.69, 9.17) is 0 Å². The molecule has 8 heteroatoms. The predicted octanol–water partition coefficient (Wildman–Crippen LogP) is 0.903. The fourth-order valence-electron chi connectivity index (χ4n) is 2.44. The average molecular weight is 309 g/mol. The van der Waals surface area contributed by atoms with Crippen LogP contribution in [0, 0.1) is 5.41 Å². The Hall–Kier alpha value is -1.31. The number of rotatable bonds is 6. The van der Waals surface area contributed by atoms with Crippen LogP contribution < -0.4 is 10.6 Å². The lowest BCUT2D eigenvalue weighted by molar-refractivity contribution is -0.215. The second kappa shape index (κ2) is 7.11. The second-order valence-electron chi connectivity index (χ2n) is 5.08. The first-order chi connectivity index (χ1) is 9.78.